The molecule has 0 aliphatic heterocycles. The standard InChI is InChI=1S/C16H20ClN3O/c1-9-6-7-11(17)8-12(9)21-14-10(2)13(18)19-15(20-14)16(3,4)5/h6-8H,1-5H3,(H2,18,19,20). The van der Waals surface area contributed by atoms with Crippen molar-refractivity contribution in [2.75, 3.05) is 5.73 Å². The molecule has 1 heterocycles. The van der Waals surface area contributed by atoms with Gasteiger partial charge in [-0.2, -0.15) is 4.98 Å². The third-order valence-corrected chi connectivity index (χ3v) is 3.40. The number of hydrogen-bond donors (Lipinski definition) is 1. The molecular formula is C16H20ClN3O. The largest absolute Gasteiger partial charge is 0.438 e. The lowest BCUT2D eigenvalue weighted by molar-refractivity contribution is 0.440. The highest BCUT2D eigenvalue weighted by Gasteiger charge is 2.21. The highest BCUT2D eigenvalue weighted by molar-refractivity contribution is 6.30. The van der Waals surface area contributed by atoms with Crippen LogP contribution in [0, 0.1) is 13.8 Å². The Morgan fingerprint density at radius 2 is 1.81 bits per heavy atom. The minimum atomic E-state index is -0.205. The number of rotatable bonds is 2. The first kappa shape index (κ1) is 15.6. The number of ether oxygens (including phenoxy) is 1. The Morgan fingerprint density at radius 1 is 1.14 bits per heavy atom. The molecule has 0 atom stereocenters. The summed E-state index contributed by atoms with van der Waals surface area (Å²) in [5.41, 5.74) is 7.48. The monoisotopic (exact) mass is 305 g/mol. The van der Waals surface area contributed by atoms with Crippen molar-refractivity contribution in [2.24, 2.45) is 0 Å². The van der Waals surface area contributed by atoms with E-state index >= 15 is 0 Å². The van der Waals surface area contributed by atoms with Gasteiger partial charge in [-0.15, -0.1) is 0 Å². The number of nitrogens with two attached hydrogens (primary N) is 1. The molecule has 2 N–H and O–H groups in total. The van der Waals surface area contributed by atoms with Crippen molar-refractivity contribution in [3.05, 3.63) is 40.2 Å². The van der Waals surface area contributed by atoms with E-state index in [4.69, 9.17) is 22.1 Å². The van der Waals surface area contributed by atoms with Gasteiger partial charge in [0.05, 0.1) is 5.56 Å². The summed E-state index contributed by atoms with van der Waals surface area (Å²) in [7, 11) is 0. The van der Waals surface area contributed by atoms with E-state index in [2.05, 4.69) is 9.97 Å². The third kappa shape index (κ3) is 3.45. The Kier molecular flexibility index (Phi) is 4.10. The number of hydrogen-bond acceptors (Lipinski definition) is 4. The summed E-state index contributed by atoms with van der Waals surface area (Å²) in [5, 5.41) is 0.617. The van der Waals surface area contributed by atoms with Crippen molar-refractivity contribution in [1.82, 2.24) is 9.97 Å². The Morgan fingerprint density at radius 3 is 2.43 bits per heavy atom. The summed E-state index contributed by atoms with van der Waals surface area (Å²) < 4.78 is 5.92. The topological polar surface area (TPSA) is 61.0 Å². The average Bonchev–Trinajstić information content (AvgIpc) is 2.37. The SMILES string of the molecule is Cc1ccc(Cl)cc1Oc1nc(C(C)(C)C)nc(N)c1C. The van der Waals surface area contributed by atoms with Gasteiger partial charge in [0.15, 0.2) is 0 Å². The second kappa shape index (κ2) is 5.53. The minimum absolute atomic E-state index is 0.205. The van der Waals surface area contributed by atoms with Crippen molar-refractivity contribution in [1.29, 1.82) is 0 Å². The van der Waals surface area contributed by atoms with Crippen molar-refractivity contribution >= 4 is 17.4 Å². The second-order valence-corrected chi connectivity index (χ2v) is 6.56. The van der Waals surface area contributed by atoms with E-state index in [0.717, 1.165) is 11.1 Å². The van der Waals surface area contributed by atoms with E-state index in [9.17, 15) is 0 Å². The Labute approximate surface area is 130 Å². The smallest absolute Gasteiger partial charge is 0.227 e. The van der Waals surface area contributed by atoms with Gasteiger partial charge in [-0.1, -0.05) is 38.4 Å². The molecule has 5 heteroatoms. The molecule has 0 spiro atoms. The van der Waals surface area contributed by atoms with E-state index in [0.29, 0.717) is 28.3 Å². The molecule has 0 saturated carbocycles. The van der Waals surface area contributed by atoms with Crippen molar-refractivity contribution in [2.45, 2.75) is 40.0 Å². The van der Waals surface area contributed by atoms with Gasteiger partial charge in [-0.25, -0.2) is 4.98 Å². The van der Waals surface area contributed by atoms with Crippen molar-refractivity contribution in [3.8, 4) is 11.6 Å². The van der Waals surface area contributed by atoms with Gasteiger partial charge in [0, 0.05) is 10.4 Å². The number of nitrogen functional groups attached to an aromatic ring is 1. The molecule has 21 heavy (non-hydrogen) atoms. The first-order valence-electron chi connectivity index (χ1n) is 6.77. The molecule has 1 aromatic carbocycles. The number of nitrogens with zero attached hydrogens (tertiary/aromatic N) is 2. The molecule has 0 unspecified atom stereocenters. The van der Waals surface area contributed by atoms with E-state index < -0.39 is 0 Å². The van der Waals surface area contributed by atoms with Gasteiger partial charge in [0.1, 0.15) is 17.4 Å². The molecule has 0 amide bonds. The van der Waals surface area contributed by atoms with E-state index in [-0.39, 0.29) is 5.41 Å². The van der Waals surface area contributed by atoms with Crippen molar-refractivity contribution in [3.63, 3.8) is 0 Å². The summed E-state index contributed by atoms with van der Waals surface area (Å²) in [4.78, 5) is 8.86. The summed E-state index contributed by atoms with van der Waals surface area (Å²) in [6.07, 6.45) is 0. The van der Waals surface area contributed by atoms with Crippen LogP contribution in [0.1, 0.15) is 37.7 Å². The maximum Gasteiger partial charge on any atom is 0.227 e. The Hall–Kier alpha value is -1.81. The fourth-order valence-electron chi connectivity index (χ4n) is 1.74. The van der Waals surface area contributed by atoms with Crippen LogP contribution in [-0.4, -0.2) is 9.97 Å². The van der Waals surface area contributed by atoms with E-state index in [1.54, 1.807) is 6.07 Å². The normalized spacial score (nSPS) is 11.5. The van der Waals surface area contributed by atoms with E-state index in [1.807, 2.05) is 46.8 Å². The number of halogens is 1. The Balaban J connectivity index is 2.49. The van der Waals surface area contributed by atoms with Gasteiger partial charge in [0.25, 0.3) is 0 Å². The summed E-state index contributed by atoms with van der Waals surface area (Å²) >= 11 is 6.02. The quantitative estimate of drug-likeness (QED) is 0.892. The molecule has 2 aromatic rings. The Bertz CT molecular complexity index is 678. The second-order valence-electron chi connectivity index (χ2n) is 6.12. The molecule has 0 radical (unpaired) electrons. The van der Waals surface area contributed by atoms with Crippen LogP contribution in [0.5, 0.6) is 11.6 Å². The lowest BCUT2D eigenvalue weighted by atomic mass is 9.95. The molecule has 0 fully saturated rings. The summed E-state index contributed by atoms with van der Waals surface area (Å²) in [5.74, 6) is 2.23. The van der Waals surface area contributed by atoms with Gasteiger partial charge < -0.3 is 10.5 Å². The molecular weight excluding hydrogens is 286 g/mol. The molecule has 4 nitrogen and oxygen atoms in total. The third-order valence-electron chi connectivity index (χ3n) is 3.17. The summed E-state index contributed by atoms with van der Waals surface area (Å²) in [6, 6.07) is 5.50. The van der Waals surface area contributed by atoms with Crippen LogP contribution in [0.2, 0.25) is 5.02 Å². The predicted octanol–water partition coefficient (Wildman–Crippen LogP) is 4.42. The molecule has 2 rings (SSSR count). The zero-order valence-corrected chi connectivity index (χ0v) is 13.7. The van der Waals surface area contributed by atoms with Gasteiger partial charge in [-0.05, 0) is 31.5 Å². The molecule has 0 aliphatic rings. The van der Waals surface area contributed by atoms with Crippen LogP contribution in [-0.2, 0) is 5.41 Å². The molecule has 0 aliphatic carbocycles. The predicted molar refractivity (Wildman–Crippen MR) is 86.1 cm³/mol. The van der Waals surface area contributed by atoms with Crippen LogP contribution in [0.25, 0.3) is 0 Å². The summed E-state index contributed by atoms with van der Waals surface area (Å²) in [6.45, 7) is 9.90. The number of aryl methyl sites for hydroxylation is 1. The van der Waals surface area contributed by atoms with Gasteiger partial charge in [-0.3, -0.25) is 0 Å². The highest BCUT2D eigenvalue weighted by atomic mass is 35.5. The molecule has 0 bridgehead atoms. The fraction of sp³-hybridized carbons (Fsp3) is 0.375. The highest BCUT2D eigenvalue weighted by Crippen LogP contribution is 2.32. The minimum Gasteiger partial charge on any atom is -0.438 e. The van der Waals surface area contributed by atoms with Crippen LogP contribution in [0.3, 0.4) is 0 Å². The molecule has 112 valence electrons. The number of anilines is 1. The van der Waals surface area contributed by atoms with Crippen LogP contribution >= 0.6 is 11.6 Å². The van der Waals surface area contributed by atoms with Crippen LogP contribution in [0.15, 0.2) is 18.2 Å². The lowest BCUT2D eigenvalue weighted by Crippen LogP contribution is -2.18. The maximum atomic E-state index is 6.02. The van der Waals surface area contributed by atoms with Crippen LogP contribution in [0.4, 0.5) is 5.82 Å². The van der Waals surface area contributed by atoms with Crippen LogP contribution < -0.4 is 10.5 Å². The maximum absolute atomic E-state index is 6.02. The number of benzene rings is 1. The fourth-order valence-corrected chi connectivity index (χ4v) is 1.90. The zero-order chi connectivity index (χ0) is 15.8. The first-order valence-corrected chi connectivity index (χ1v) is 7.15. The first-order chi connectivity index (χ1) is 9.68. The number of aromatic nitrogens is 2. The van der Waals surface area contributed by atoms with Gasteiger partial charge in [0.2, 0.25) is 5.88 Å². The van der Waals surface area contributed by atoms with Gasteiger partial charge >= 0.3 is 0 Å². The lowest BCUT2D eigenvalue weighted by Gasteiger charge is -2.19. The average molecular weight is 306 g/mol. The van der Waals surface area contributed by atoms with E-state index in [1.165, 1.54) is 0 Å². The van der Waals surface area contributed by atoms with Crippen molar-refractivity contribution < 1.29 is 4.74 Å². The zero-order valence-electron chi connectivity index (χ0n) is 13.0. The molecule has 1 aromatic heterocycles. The molecule has 0 saturated heterocycles.